The molecule has 1 aliphatic carbocycles. The van der Waals surface area contributed by atoms with Gasteiger partial charge < -0.3 is 9.90 Å². The van der Waals surface area contributed by atoms with Crippen molar-refractivity contribution in [2.45, 2.75) is 45.4 Å². The third kappa shape index (κ3) is 2.75. The van der Waals surface area contributed by atoms with E-state index in [0.717, 1.165) is 43.7 Å². The normalized spacial score (nSPS) is 15.2. The summed E-state index contributed by atoms with van der Waals surface area (Å²) in [6.45, 7) is 6.04. The number of rotatable bonds is 2. The third-order valence-electron chi connectivity index (χ3n) is 3.76. The van der Waals surface area contributed by atoms with Crippen LogP contribution >= 0.6 is 0 Å². The van der Waals surface area contributed by atoms with E-state index in [1.165, 1.54) is 5.56 Å². The average Bonchev–Trinajstić information content (AvgIpc) is 2.84. The second-order valence-electron chi connectivity index (χ2n) is 4.70. The molecule has 0 radical (unpaired) electrons. The first-order valence-electron chi connectivity index (χ1n) is 7.11. The van der Waals surface area contributed by atoms with Crippen LogP contribution in [0.3, 0.4) is 0 Å². The highest BCUT2D eigenvalue weighted by Crippen LogP contribution is 2.41. The molecule has 2 aromatic rings. The first kappa shape index (κ1) is 16.4. The van der Waals surface area contributed by atoms with Crippen molar-refractivity contribution >= 4 is 11.8 Å². The summed E-state index contributed by atoms with van der Waals surface area (Å²) in [6, 6.07) is 4.12. The number of carbonyl (C=O) groups is 1. The number of aliphatic hydroxyl groups excluding tert-OH is 1. The molecule has 1 N–H and O–H groups in total. The molecule has 0 bridgehead atoms. The minimum Gasteiger partial charge on any atom is -0.400 e. The number of aryl methyl sites for hydroxylation is 1. The third-order valence-corrected chi connectivity index (χ3v) is 3.76. The highest BCUT2D eigenvalue weighted by molar-refractivity contribution is 5.70. The van der Waals surface area contributed by atoms with Crippen molar-refractivity contribution in [2.75, 3.05) is 7.11 Å². The molecule has 0 spiro atoms. The van der Waals surface area contributed by atoms with Gasteiger partial charge in [-0.15, -0.1) is 0 Å². The lowest BCUT2D eigenvalue weighted by Crippen LogP contribution is -2.35. The zero-order valence-corrected chi connectivity index (χ0v) is 12.8. The summed E-state index contributed by atoms with van der Waals surface area (Å²) in [5, 5.41) is 11.3. The smallest absolute Gasteiger partial charge is 0.130 e. The van der Waals surface area contributed by atoms with Gasteiger partial charge in [-0.1, -0.05) is 26.3 Å². The molecule has 0 aliphatic heterocycles. The topological polar surface area (TPSA) is 54.6 Å². The zero-order chi connectivity index (χ0) is 15.2. The number of hydrogen-bond donors (Lipinski definition) is 1. The van der Waals surface area contributed by atoms with Crippen LogP contribution in [0.15, 0.2) is 24.5 Å². The number of pyridine rings is 1. The molecule has 0 aromatic carbocycles. The Morgan fingerprint density at radius 1 is 1.30 bits per heavy atom. The molecule has 1 saturated carbocycles. The Morgan fingerprint density at radius 3 is 2.45 bits per heavy atom. The summed E-state index contributed by atoms with van der Waals surface area (Å²) >= 11 is 0. The summed E-state index contributed by atoms with van der Waals surface area (Å²) in [6.07, 6.45) is 8.05. The van der Waals surface area contributed by atoms with E-state index in [0.29, 0.717) is 0 Å². The van der Waals surface area contributed by atoms with E-state index in [9.17, 15) is 4.79 Å². The van der Waals surface area contributed by atoms with Crippen molar-refractivity contribution in [1.82, 2.24) is 9.61 Å². The Hall–Kier alpha value is -1.68. The maximum Gasteiger partial charge on any atom is 0.130 e. The number of aromatic nitrogens is 2. The first-order chi connectivity index (χ1) is 9.75. The fraction of sp³-hybridized carbons (Fsp3) is 0.500. The van der Waals surface area contributed by atoms with E-state index in [-0.39, 0.29) is 5.41 Å². The van der Waals surface area contributed by atoms with Crippen LogP contribution in [-0.4, -0.2) is 28.1 Å². The predicted molar refractivity (Wildman–Crippen MR) is 81.0 cm³/mol. The second-order valence-corrected chi connectivity index (χ2v) is 4.70. The van der Waals surface area contributed by atoms with Crippen LogP contribution < -0.4 is 0 Å². The predicted octanol–water partition coefficient (Wildman–Crippen LogP) is 2.90. The second kappa shape index (κ2) is 7.20. The molecule has 4 heteroatoms. The number of hydrogen-bond acceptors (Lipinski definition) is 3. The van der Waals surface area contributed by atoms with Crippen molar-refractivity contribution in [2.24, 2.45) is 0 Å². The standard InChI is InChI=1S/C13H14N2O.C2H6.CH4O/c1-10-7-14-15-8-11(3-4-12(10)15)13(9-16)5-2-6-13;2*1-2/h3-4,7-9H,2,5-6H2,1H3;1-2H3;2H,1H3. The van der Waals surface area contributed by atoms with E-state index in [2.05, 4.69) is 17.2 Å². The van der Waals surface area contributed by atoms with Crippen molar-refractivity contribution in [3.8, 4) is 0 Å². The molecule has 0 saturated heterocycles. The van der Waals surface area contributed by atoms with E-state index in [1.807, 2.05) is 37.7 Å². The molecule has 2 aromatic heterocycles. The number of aldehydes is 1. The lowest BCUT2D eigenvalue weighted by molar-refractivity contribution is -0.115. The van der Waals surface area contributed by atoms with Gasteiger partial charge in [-0.2, -0.15) is 5.10 Å². The number of nitrogens with zero attached hydrogens (tertiary/aromatic N) is 2. The minimum atomic E-state index is -0.228. The molecular formula is C16H24N2O2. The van der Waals surface area contributed by atoms with Gasteiger partial charge in [0, 0.05) is 13.3 Å². The average molecular weight is 276 g/mol. The van der Waals surface area contributed by atoms with Crippen LogP contribution in [-0.2, 0) is 10.2 Å². The molecule has 3 rings (SSSR count). The molecule has 1 fully saturated rings. The van der Waals surface area contributed by atoms with Gasteiger partial charge in [0.25, 0.3) is 0 Å². The fourth-order valence-electron chi connectivity index (χ4n) is 2.44. The summed E-state index contributed by atoms with van der Waals surface area (Å²) in [4.78, 5) is 11.2. The van der Waals surface area contributed by atoms with Gasteiger partial charge in [-0.3, -0.25) is 0 Å². The Kier molecular flexibility index (Phi) is 5.89. The largest absolute Gasteiger partial charge is 0.400 e. The van der Waals surface area contributed by atoms with Gasteiger partial charge in [0.1, 0.15) is 6.29 Å². The lowest BCUT2D eigenvalue weighted by Gasteiger charge is -2.36. The molecule has 110 valence electrons. The quantitative estimate of drug-likeness (QED) is 0.858. The van der Waals surface area contributed by atoms with Crippen molar-refractivity contribution in [1.29, 1.82) is 0 Å². The van der Waals surface area contributed by atoms with Gasteiger partial charge in [0.15, 0.2) is 0 Å². The van der Waals surface area contributed by atoms with E-state index in [4.69, 9.17) is 5.11 Å². The van der Waals surface area contributed by atoms with E-state index < -0.39 is 0 Å². The van der Waals surface area contributed by atoms with Crippen LogP contribution in [0.2, 0.25) is 0 Å². The van der Waals surface area contributed by atoms with E-state index in [1.54, 1.807) is 0 Å². The number of aliphatic hydroxyl groups is 1. The Labute approximate surface area is 120 Å². The minimum absolute atomic E-state index is 0.228. The summed E-state index contributed by atoms with van der Waals surface area (Å²) < 4.78 is 1.87. The highest BCUT2D eigenvalue weighted by atomic mass is 16.2. The van der Waals surface area contributed by atoms with Crippen LogP contribution in [0.1, 0.15) is 44.2 Å². The van der Waals surface area contributed by atoms with Crippen LogP contribution in [0.4, 0.5) is 0 Å². The molecule has 20 heavy (non-hydrogen) atoms. The number of carbonyl (C=O) groups excluding carboxylic acids is 1. The molecular weight excluding hydrogens is 252 g/mol. The highest BCUT2D eigenvalue weighted by Gasteiger charge is 2.38. The molecule has 0 unspecified atom stereocenters. The fourth-order valence-corrected chi connectivity index (χ4v) is 2.44. The van der Waals surface area contributed by atoms with E-state index >= 15 is 0 Å². The van der Waals surface area contributed by atoms with Gasteiger partial charge in [-0.05, 0) is 37.0 Å². The molecule has 2 heterocycles. The first-order valence-corrected chi connectivity index (χ1v) is 7.11. The molecule has 0 atom stereocenters. The van der Waals surface area contributed by atoms with Crippen LogP contribution in [0, 0.1) is 6.92 Å². The van der Waals surface area contributed by atoms with Gasteiger partial charge >= 0.3 is 0 Å². The SMILES string of the molecule is CC.CO.Cc1cnn2cc(C3(C=O)CCC3)ccc12. The van der Waals surface area contributed by atoms with Crippen LogP contribution in [0.25, 0.3) is 5.52 Å². The summed E-state index contributed by atoms with van der Waals surface area (Å²) in [5.41, 5.74) is 3.16. The molecule has 0 amide bonds. The monoisotopic (exact) mass is 276 g/mol. The van der Waals surface area contributed by atoms with Crippen molar-refractivity contribution < 1.29 is 9.90 Å². The maximum absolute atomic E-state index is 11.2. The van der Waals surface area contributed by atoms with Crippen molar-refractivity contribution in [3.63, 3.8) is 0 Å². The van der Waals surface area contributed by atoms with Gasteiger partial charge in [0.2, 0.25) is 0 Å². The van der Waals surface area contributed by atoms with Gasteiger partial charge in [0.05, 0.1) is 17.1 Å². The molecule has 1 aliphatic rings. The Bertz CT molecular complexity index is 557. The summed E-state index contributed by atoms with van der Waals surface area (Å²) in [7, 11) is 1.00. The number of fused-ring (bicyclic) bond motifs is 1. The Balaban J connectivity index is 0.000000461. The Morgan fingerprint density at radius 2 is 1.95 bits per heavy atom. The molecule has 4 nitrogen and oxygen atoms in total. The summed E-state index contributed by atoms with van der Waals surface area (Å²) in [5.74, 6) is 0. The zero-order valence-electron chi connectivity index (χ0n) is 12.8. The van der Waals surface area contributed by atoms with Gasteiger partial charge in [-0.25, -0.2) is 4.52 Å². The lowest BCUT2D eigenvalue weighted by atomic mass is 9.66. The van der Waals surface area contributed by atoms with Crippen molar-refractivity contribution in [3.05, 3.63) is 35.7 Å². The van der Waals surface area contributed by atoms with Crippen LogP contribution in [0.5, 0.6) is 0 Å². The maximum atomic E-state index is 11.2.